The number of hydrogen-bond acceptors (Lipinski definition) is 3. The van der Waals surface area contributed by atoms with Crippen molar-refractivity contribution in [2.45, 2.75) is 26.3 Å². The van der Waals surface area contributed by atoms with E-state index in [1.807, 2.05) is 32.0 Å². The lowest BCUT2D eigenvalue weighted by Gasteiger charge is -2.26. The fourth-order valence-corrected chi connectivity index (χ4v) is 1.89. The SMILES string of the molecule is Cc1cccc(C)c1OCCC(=O)NC1COC1. The van der Waals surface area contributed by atoms with Gasteiger partial charge in [0, 0.05) is 0 Å². The number of nitrogens with one attached hydrogen (secondary N) is 1. The zero-order chi connectivity index (χ0) is 13.0. The van der Waals surface area contributed by atoms with Crippen LogP contribution < -0.4 is 10.1 Å². The van der Waals surface area contributed by atoms with E-state index in [0.717, 1.165) is 16.9 Å². The number of aryl methyl sites for hydroxylation is 2. The molecule has 1 aliphatic heterocycles. The second-order valence-corrected chi connectivity index (χ2v) is 4.62. The van der Waals surface area contributed by atoms with Crippen LogP contribution in [0.3, 0.4) is 0 Å². The number of amides is 1. The normalized spacial score (nSPS) is 15.0. The molecule has 1 heterocycles. The van der Waals surface area contributed by atoms with Gasteiger partial charge in [-0.2, -0.15) is 0 Å². The Morgan fingerprint density at radius 2 is 2.06 bits per heavy atom. The maximum absolute atomic E-state index is 11.6. The van der Waals surface area contributed by atoms with Crippen LogP contribution >= 0.6 is 0 Å². The number of para-hydroxylation sites is 1. The van der Waals surface area contributed by atoms with Crippen molar-refractivity contribution in [3.8, 4) is 5.75 Å². The summed E-state index contributed by atoms with van der Waals surface area (Å²) < 4.78 is 10.7. The summed E-state index contributed by atoms with van der Waals surface area (Å²) in [4.78, 5) is 11.6. The van der Waals surface area contributed by atoms with Crippen LogP contribution in [-0.2, 0) is 9.53 Å². The predicted molar refractivity (Wildman–Crippen MR) is 68.8 cm³/mol. The van der Waals surface area contributed by atoms with Crippen LogP contribution in [0.15, 0.2) is 18.2 Å². The smallest absolute Gasteiger partial charge is 0.223 e. The average molecular weight is 249 g/mol. The molecule has 0 unspecified atom stereocenters. The molecule has 1 saturated heterocycles. The standard InChI is InChI=1S/C14H19NO3/c1-10-4-3-5-11(2)14(10)18-7-6-13(16)15-12-8-17-9-12/h3-5,12H,6-9H2,1-2H3,(H,15,16). The molecule has 1 fully saturated rings. The van der Waals surface area contributed by atoms with E-state index in [-0.39, 0.29) is 11.9 Å². The summed E-state index contributed by atoms with van der Waals surface area (Å²) in [5.41, 5.74) is 2.20. The third-order valence-electron chi connectivity index (χ3n) is 2.99. The molecule has 4 heteroatoms. The topological polar surface area (TPSA) is 47.6 Å². The Morgan fingerprint density at radius 1 is 1.39 bits per heavy atom. The van der Waals surface area contributed by atoms with E-state index in [2.05, 4.69) is 5.32 Å². The van der Waals surface area contributed by atoms with Gasteiger partial charge in [-0.15, -0.1) is 0 Å². The molecule has 18 heavy (non-hydrogen) atoms. The highest BCUT2D eigenvalue weighted by Gasteiger charge is 2.20. The largest absolute Gasteiger partial charge is 0.493 e. The van der Waals surface area contributed by atoms with E-state index in [0.29, 0.717) is 26.2 Å². The van der Waals surface area contributed by atoms with Crippen molar-refractivity contribution >= 4 is 5.91 Å². The number of benzene rings is 1. The van der Waals surface area contributed by atoms with Crippen LogP contribution in [-0.4, -0.2) is 31.8 Å². The molecular formula is C14H19NO3. The lowest BCUT2D eigenvalue weighted by Crippen LogP contribution is -2.48. The Bertz CT molecular complexity index is 407. The Kier molecular flexibility index (Phi) is 4.20. The van der Waals surface area contributed by atoms with Crippen LogP contribution in [0.4, 0.5) is 0 Å². The number of carbonyl (C=O) groups is 1. The van der Waals surface area contributed by atoms with Gasteiger partial charge in [0.15, 0.2) is 0 Å². The van der Waals surface area contributed by atoms with Crippen LogP contribution in [0.25, 0.3) is 0 Å². The molecule has 2 rings (SSSR count). The quantitative estimate of drug-likeness (QED) is 0.862. The van der Waals surface area contributed by atoms with E-state index in [4.69, 9.17) is 9.47 Å². The summed E-state index contributed by atoms with van der Waals surface area (Å²) in [6.07, 6.45) is 0.379. The first kappa shape index (κ1) is 12.9. The van der Waals surface area contributed by atoms with Crippen LogP contribution in [0.1, 0.15) is 17.5 Å². The van der Waals surface area contributed by atoms with Gasteiger partial charge in [-0.3, -0.25) is 4.79 Å². The van der Waals surface area contributed by atoms with E-state index in [1.54, 1.807) is 0 Å². The van der Waals surface area contributed by atoms with Crippen molar-refractivity contribution in [2.75, 3.05) is 19.8 Å². The third-order valence-corrected chi connectivity index (χ3v) is 2.99. The van der Waals surface area contributed by atoms with Crippen molar-refractivity contribution in [1.82, 2.24) is 5.32 Å². The summed E-state index contributed by atoms with van der Waals surface area (Å²) in [6.45, 7) is 5.68. The molecule has 1 amide bonds. The van der Waals surface area contributed by atoms with Gasteiger partial charge < -0.3 is 14.8 Å². The summed E-state index contributed by atoms with van der Waals surface area (Å²) in [6, 6.07) is 6.21. The van der Waals surface area contributed by atoms with Crippen LogP contribution in [0.2, 0.25) is 0 Å². The van der Waals surface area contributed by atoms with E-state index in [9.17, 15) is 4.79 Å². The molecule has 1 aromatic rings. The predicted octanol–water partition coefficient (Wildman–Crippen LogP) is 1.59. The molecule has 1 N–H and O–H groups in total. The van der Waals surface area contributed by atoms with Crippen molar-refractivity contribution in [2.24, 2.45) is 0 Å². The van der Waals surface area contributed by atoms with Gasteiger partial charge >= 0.3 is 0 Å². The second kappa shape index (κ2) is 5.87. The van der Waals surface area contributed by atoms with Crippen molar-refractivity contribution in [3.05, 3.63) is 29.3 Å². The minimum atomic E-state index is 0.0227. The highest BCUT2D eigenvalue weighted by Crippen LogP contribution is 2.22. The second-order valence-electron chi connectivity index (χ2n) is 4.62. The first-order valence-electron chi connectivity index (χ1n) is 6.23. The van der Waals surface area contributed by atoms with Gasteiger partial charge in [0.1, 0.15) is 5.75 Å². The van der Waals surface area contributed by atoms with E-state index in [1.165, 1.54) is 0 Å². The Hall–Kier alpha value is -1.55. The fraction of sp³-hybridized carbons (Fsp3) is 0.500. The van der Waals surface area contributed by atoms with E-state index < -0.39 is 0 Å². The molecule has 0 aliphatic carbocycles. The first-order valence-corrected chi connectivity index (χ1v) is 6.23. The Labute approximate surface area is 107 Å². The summed E-state index contributed by atoms with van der Waals surface area (Å²) in [5.74, 6) is 0.909. The maximum Gasteiger partial charge on any atom is 0.223 e. The maximum atomic E-state index is 11.6. The highest BCUT2D eigenvalue weighted by molar-refractivity contribution is 5.76. The molecule has 0 radical (unpaired) electrons. The number of hydrogen-bond donors (Lipinski definition) is 1. The molecule has 0 bridgehead atoms. The van der Waals surface area contributed by atoms with E-state index >= 15 is 0 Å². The molecule has 4 nitrogen and oxygen atoms in total. The molecular weight excluding hydrogens is 230 g/mol. The first-order chi connectivity index (χ1) is 8.66. The molecule has 98 valence electrons. The monoisotopic (exact) mass is 249 g/mol. The minimum Gasteiger partial charge on any atom is -0.493 e. The van der Waals surface area contributed by atoms with Crippen LogP contribution in [0, 0.1) is 13.8 Å². The number of ether oxygens (including phenoxy) is 2. The lowest BCUT2D eigenvalue weighted by atomic mass is 10.1. The average Bonchev–Trinajstić information content (AvgIpc) is 2.28. The summed E-state index contributed by atoms with van der Waals surface area (Å²) in [5, 5.41) is 2.89. The zero-order valence-electron chi connectivity index (χ0n) is 10.9. The molecule has 1 aliphatic rings. The number of rotatable bonds is 5. The van der Waals surface area contributed by atoms with Gasteiger partial charge in [-0.1, -0.05) is 18.2 Å². The van der Waals surface area contributed by atoms with Crippen molar-refractivity contribution in [3.63, 3.8) is 0 Å². The van der Waals surface area contributed by atoms with Gasteiger partial charge in [-0.05, 0) is 25.0 Å². The highest BCUT2D eigenvalue weighted by atomic mass is 16.5. The minimum absolute atomic E-state index is 0.0227. The zero-order valence-corrected chi connectivity index (χ0v) is 10.9. The lowest BCUT2D eigenvalue weighted by molar-refractivity contribution is -0.125. The molecule has 0 spiro atoms. The molecule has 1 aromatic carbocycles. The van der Waals surface area contributed by atoms with Gasteiger partial charge in [0.2, 0.25) is 5.91 Å². The van der Waals surface area contributed by atoms with Crippen molar-refractivity contribution in [1.29, 1.82) is 0 Å². The van der Waals surface area contributed by atoms with Crippen LogP contribution in [0.5, 0.6) is 5.75 Å². The molecule has 0 atom stereocenters. The van der Waals surface area contributed by atoms with Gasteiger partial charge in [0.05, 0.1) is 32.3 Å². The molecule has 0 aromatic heterocycles. The van der Waals surface area contributed by atoms with Gasteiger partial charge in [0.25, 0.3) is 0 Å². The summed E-state index contributed by atoms with van der Waals surface area (Å²) >= 11 is 0. The summed E-state index contributed by atoms with van der Waals surface area (Å²) in [7, 11) is 0. The van der Waals surface area contributed by atoms with Crippen molar-refractivity contribution < 1.29 is 14.3 Å². The number of carbonyl (C=O) groups excluding carboxylic acids is 1. The van der Waals surface area contributed by atoms with Gasteiger partial charge in [-0.25, -0.2) is 0 Å². The Balaban J connectivity index is 1.75. The third kappa shape index (κ3) is 3.23. The Morgan fingerprint density at radius 3 is 2.61 bits per heavy atom. The molecule has 0 saturated carbocycles. The fourth-order valence-electron chi connectivity index (χ4n) is 1.89.